The SMILES string of the molecule is O=C(NCc1nn(Cc2cccnc2)c(=O)c2ccccc12)c1ccc(-n2cccc2)cc1. The van der Waals surface area contributed by atoms with E-state index in [1.165, 1.54) is 4.68 Å². The van der Waals surface area contributed by atoms with Crippen LogP contribution in [0.3, 0.4) is 0 Å². The number of nitrogens with one attached hydrogen (secondary N) is 1. The maximum absolute atomic E-state index is 13.0. The lowest BCUT2D eigenvalue weighted by Crippen LogP contribution is -2.29. The predicted octanol–water partition coefficient (Wildman–Crippen LogP) is 3.56. The molecule has 7 nitrogen and oxygen atoms in total. The van der Waals surface area contributed by atoms with Gasteiger partial charge >= 0.3 is 0 Å². The Morgan fingerprint density at radius 2 is 1.64 bits per heavy atom. The molecule has 162 valence electrons. The van der Waals surface area contributed by atoms with Gasteiger partial charge < -0.3 is 9.88 Å². The summed E-state index contributed by atoms with van der Waals surface area (Å²) in [5.74, 6) is -0.204. The van der Waals surface area contributed by atoms with Crippen molar-refractivity contribution in [1.82, 2.24) is 24.6 Å². The molecule has 3 heterocycles. The summed E-state index contributed by atoms with van der Waals surface area (Å²) in [6.07, 6.45) is 7.30. The number of fused-ring (bicyclic) bond motifs is 1. The van der Waals surface area contributed by atoms with E-state index >= 15 is 0 Å². The average Bonchev–Trinajstić information content (AvgIpc) is 3.41. The Balaban J connectivity index is 1.39. The third-order valence-corrected chi connectivity index (χ3v) is 5.45. The lowest BCUT2D eigenvalue weighted by molar-refractivity contribution is 0.0950. The van der Waals surface area contributed by atoms with E-state index in [4.69, 9.17) is 0 Å². The highest BCUT2D eigenvalue weighted by molar-refractivity contribution is 5.94. The number of hydrogen-bond acceptors (Lipinski definition) is 4. The Morgan fingerprint density at radius 3 is 2.36 bits per heavy atom. The third kappa shape index (κ3) is 4.29. The molecule has 0 fully saturated rings. The van der Waals surface area contributed by atoms with E-state index < -0.39 is 0 Å². The Hall–Kier alpha value is -4.52. The molecule has 5 aromatic rings. The van der Waals surface area contributed by atoms with E-state index in [2.05, 4.69) is 15.4 Å². The van der Waals surface area contributed by atoms with E-state index in [9.17, 15) is 9.59 Å². The number of carbonyl (C=O) groups excluding carboxylic acids is 1. The van der Waals surface area contributed by atoms with Crippen LogP contribution in [0.1, 0.15) is 21.6 Å². The molecule has 5 rings (SSSR count). The zero-order valence-electron chi connectivity index (χ0n) is 17.8. The van der Waals surface area contributed by atoms with Crippen LogP contribution in [0.5, 0.6) is 0 Å². The van der Waals surface area contributed by atoms with Gasteiger partial charge in [-0.1, -0.05) is 24.3 Å². The van der Waals surface area contributed by atoms with E-state index in [-0.39, 0.29) is 18.0 Å². The molecular weight excluding hydrogens is 414 g/mol. The first kappa shape index (κ1) is 20.4. The van der Waals surface area contributed by atoms with E-state index in [0.29, 0.717) is 23.2 Å². The monoisotopic (exact) mass is 435 g/mol. The van der Waals surface area contributed by atoms with Gasteiger partial charge in [0.15, 0.2) is 0 Å². The van der Waals surface area contributed by atoms with Crippen LogP contribution in [-0.4, -0.2) is 25.2 Å². The highest BCUT2D eigenvalue weighted by Crippen LogP contribution is 2.15. The largest absolute Gasteiger partial charge is 0.346 e. The molecule has 1 N–H and O–H groups in total. The fourth-order valence-corrected chi connectivity index (χ4v) is 3.77. The van der Waals surface area contributed by atoms with Crippen molar-refractivity contribution < 1.29 is 4.79 Å². The number of aromatic nitrogens is 4. The molecule has 2 aromatic carbocycles. The van der Waals surface area contributed by atoms with Gasteiger partial charge in [0.05, 0.1) is 24.2 Å². The molecule has 0 aliphatic carbocycles. The zero-order valence-corrected chi connectivity index (χ0v) is 17.8. The smallest absolute Gasteiger partial charge is 0.274 e. The van der Waals surface area contributed by atoms with Crippen LogP contribution in [0.25, 0.3) is 16.5 Å². The van der Waals surface area contributed by atoms with Gasteiger partial charge in [-0.3, -0.25) is 14.6 Å². The molecule has 0 atom stereocenters. The first-order valence-corrected chi connectivity index (χ1v) is 10.6. The lowest BCUT2D eigenvalue weighted by atomic mass is 10.1. The molecule has 0 spiro atoms. The Labute approximate surface area is 190 Å². The van der Waals surface area contributed by atoms with Crippen molar-refractivity contribution in [1.29, 1.82) is 0 Å². The quantitative estimate of drug-likeness (QED) is 0.442. The van der Waals surface area contributed by atoms with Crippen LogP contribution in [0, 0.1) is 0 Å². The maximum Gasteiger partial charge on any atom is 0.274 e. The van der Waals surface area contributed by atoms with Gasteiger partial charge in [0, 0.05) is 41.4 Å². The summed E-state index contributed by atoms with van der Waals surface area (Å²) >= 11 is 0. The van der Waals surface area contributed by atoms with Crippen LogP contribution in [0.2, 0.25) is 0 Å². The average molecular weight is 435 g/mol. The number of nitrogens with zero attached hydrogens (tertiary/aromatic N) is 4. The van der Waals surface area contributed by atoms with Gasteiger partial charge in [0.25, 0.3) is 11.5 Å². The molecule has 0 unspecified atom stereocenters. The minimum atomic E-state index is -0.204. The lowest BCUT2D eigenvalue weighted by Gasteiger charge is -2.12. The second-order valence-corrected chi connectivity index (χ2v) is 7.64. The molecule has 0 aliphatic heterocycles. The van der Waals surface area contributed by atoms with Gasteiger partial charge in [0.1, 0.15) is 0 Å². The Kier molecular flexibility index (Phi) is 5.51. The first-order valence-electron chi connectivity index (χ1n) is 10.6. The van der Waals surface area contributed by atoms with Crippen LogP contribution >= 0.6 is 0 Å². The maximum atomic E-state index is 13.0. The Bertz CT molecular complexity index is 1460. The molecule has 0 radical (unpaired) electrons. The van der Waals surface area contributed by atoms with E-state index in [1.807, 2.05) is 71.6 Å². The van der Waals surface area contributed by atoms with Gasteiger partial charge in [0.2, 0.25) is 0 Å². The van der Waals surface area contributed by atoms with Crippen molar-refractivity contribution in [3.05, 3.63) is 125 Å². The molecule has 33 heavy (non-hydrogen) atoms. The number of amides is 1. The number of pyridine rings is 1. The summed E-state index contributed by atoms with van der Waals surface area (Å²) in [7, 11) is 0. The highest BCUT2D eigenvalue weighted by atomic mass is 16.1. The van der Waals surface area contributed by atoms with Crippen LogP contribution < -0.4 is 10.9 Å². The molecule has 0 aliphatic rings. The molecule has 0 saturated carbocycles. The van der Waals surface area contributed by atoms with Crippen LogP contribution in [0.4, 0.5) is 0 Å². The molecular formula is C26H21N5O2. The normalized spacial score (nSPS) is 10.9. The number of rotatable bonds is 6. The van der Waals surface area contributed by atoms with Gasteiger partial charge in [-0.2, -0.15) is 5.10 Å². The minimum Gasteiger partial charge on any atom is -0.346 e. The Morgan fingerprint density at radius 1 is 0.879 bits per heavy atom. The summed E-state index contributed by atoms with van der Waals surface area (Å²) in [5.41, 5.74) is 2.86. The number of carbonyl (C=O) groups is 1. The molecule has 0 saturated heterocycles. The third-order valence-electron chi connectivity index (χ3n) is 5.45. The predicted molar refractivity (Wildman–Crippen MR) is 126 cm³/mol. The van der Waals surface area contributed by atoms with Crippen molar-refractivity contribution in [2.45, 2.75) is 13.1 Å². The summed E-state index contributed by atoms with van der Waals surface area (Å²) in [4.78, 5) is 29.8. The van der Waals surface area contributed by atoms with Gasteiger partial charge in [-0.15, -0.1) is 0 Å². The molecule has 1 amide bonds. The highest BCUT2D eigenvalue weighted by Gasteiger charge is 2.13. The van der Waals surface area contributed by atoms with Crippen LogP contribution in [0.15, 0.2) is 102 Å². The van der Waals surface area contributed by atoms with Crippen LogP contribution in [-0.2, 0) is 13.1 Å². The van der Waals surface area contributed by atoms with Crippen molar-refractivity contribution >= 4 is 16.7 Å². The zero-order chi connectivity index (χ0) is 22.6. The van der Waals surface area contributed by atoms with Crippen molar-refractivity contribution in [2.75, 3.05) is 0 Å². The number of hydrogen-bond donors (Lipinski definition) is 1. The van der Waals surface area contributed by atoms with Crippen molar-refractivity contribution in [3.8, 4) is 5.69 Å². The topological polar surface area (TPSA) is 81.8 Å². The first-order chi connectivity index (χ1) is 16.2. The number of benzene rings is 2. The summed E-state index contributed by atoms with van der Waals surface area (Å²) in [6.45, 7) is 0.505. The van der Waals surface area contributed by atoms with E-state index in [0.717, 1.165) is 16.6 Å². The summed E-state index contributed by atoms with van der Waals surface area (Å²) < 4.78 is 3.40. The molecule has 3 aromatic heterocycles. The molecule has 0 bridgehead atoms. The van der Waals surface area contributed by atoms with Crippen molar-refractivity contribution in [3.63, 3.8) is 0 Å². The minimum absolute atomic E-state index is 0.176. The fraction of sp³-hybridized carbons (Fsp3) is 0.0769. The van der Waals surface area contributed by atoms with Crippen molar-refractivity contribution in [2.24, 2.45) is 0 Å². The van der Waals surface area contributed by atoms with Gasteiger partial charge in [-0.05, 0) is 54.1 Å². The fourth-order valence-electron chi connectivity index (χ4n) is 3.77. The molecule has 7 heteroatoms. The standard InChI is InChI=1S/C26H21N5O2/c32-25(20-9-11-21(12-10-20)30-14-3-4-15-30)28-17-24-22-7-1-2-8-23(22)26(33)31(29-24)18-19-6-5-13-27-16-19/h1-16H,17-18H2,(H,28,32). The summed E-state index contributed by atoms with van der Waals surface area (Å²) in [6, 6.07) is 22.3. The van der Waals surface area contributed by atoms with Gasteiger partial charge in [-0.25, -0.2) is 4.68 Å². The summed E-state index contributed by atoms with van der Waals surface area (Å²) in [5, 5.41) is 8.80. The second kappa shape index (κ2) is 8.92. The van der Waals surface area contributed by atoms with E-state index in [1.54, 1.807) is 30.6 Å². The second-order valence-electron chi connectivity index (χ2n) is 7.64.